The number of rotatable bonds is 38. The number of hydrogen-bond acceptors (Lipinski definition) is 16. The summed E-state index contributed by atoms with van der Waals surface area (Å²) in [5.41, 5.74) is 2.29. The maximum Gasteiger partial charge on any atom is 0.330 e. The summed E-state index contributed by atoms with van der Waals surface area (Å²) in [6.45, 7) is 9.01. The highest BCUT2D eigenvalue weighted by molar-refractivity contribution is 5.82. The van der Waals surface area contributed by atoms with Crippen LogP contribution in [0.1, 0.15) is 133 Å². The zero-order valence-electron chi connectivity index (χ0n) is 39.6. The van der Waals surface area contributed by atoms with E-state index in [0.29, 0.717) is 81.1 Å². The molecule has 0 aliphatic heterocycles. The molecular weight excluding hydrogens is 905 g/mol. The Kier molecular flexibility index (Phi) is 26.8. The van der Waals surface area contributed by atoms with E-state index in [0.717, 1.165) is 94.1 Å². The van der Waals surface area contributed by atoms with Gasteiger partial charge in [-0.1, -0.05) is 62.8 Å². The van der Waals surface area contributed by atoms with Crippen LogP contribution in [-0.4, -0.2) is 68.8 Å². The van der Waals surface area contributed by atoms with Crippen LogP contribution < -0.4 is 24.0 Å². The number of ether oxygens (including phenoxy) is 5. The molecule has 4 aromatic carbocycles. The van der Waals surface area contributed by atoms with Crippen molar-refractivity contribution in [1.82, 2.24) is 0 Å². The van der Waals surface area contributed by atoms with Gasteiger partial charge < -0.3 is 33.5 Å². The standard InChI is InChI=1S/C54H64O16/c1-3-51(57)63-33-15-10-8-13-31-61-45-23-19-41(20-24-45)40-66-70-50-30-28-47(37-44(50)39-56)67-53(59)18-12-6-5-7-17-35-65-69-48-27-29-49(43(36-48)38-55)54(68-60)42-21-25-46(26-22-42)62-32-14-9-11-16-34-64-52(58)4-2/h3-4,19-30,36-39,54,60H,1-2,5-18,31-35,40H2. The fourth-order valence-corrected chi connectivity index (χ4v) is 6.79. The molecule has 4 rings (SSSR count). The Morgan fingerprint density at radius 1 is 0.529 bits per heavy atom. The quantitative estimate of drug-likeness (QED) is 0.00845. The lowest BCUT2D eigenvalue weighted by molar-refractivity contribution is -0.270. The molecule has 0 radical (unpaired) electrons. The molecule has 1 unspecified atom stereocenters. The van der Waals surface area contributed by atoms with Crippen molar-refractivity contribution in [3.05, 3.63) is 138 Å². The third-order valence-electron chi connectivity index (χ3n) is 10.6. The average Bonchev–Trinajstić information content (AvgIpc) is 3.38. The molecule has 0 aromatic heterocycles. The monoisotopic (exact) mass is 968 g/mol. The molecule has 0 amide bonds. The predicted octanol–water partition coefficient (Wildman–Crippen LogP) is 11.0. The van der Waals surface area contributed by atoms with Crippen molar-refractivity contribution in [2.75, 3.05) is 33.0 Å². The van der Waals surface area contributed by atoms with Gasteiger partial charge in [0.1, 0.15) is 30.0 Å². The Morgan fingerprint density at radius 3 is 1.63 bits per heavy atom. The van der Waals surface area contributed by atoms with Gasteiger partial charge in [0.2, 0.25) is 0 Å². The Hall–Kier alpha value is -6.85. The minimum Gasteiger partial charge on any atom is -0.494 e. The van der Waals surface area contributed by atoms with Crippen LogP contribution in [-0.2, 0) is 45.1 Å². The van der Waals surface area contributed by atoms with E-state index in [-0.39, 0.29) is 35.7 Å². The Balaban J connectivity index is 1.04. The van der Waals surface area contributed by atoms with Crippen LogP contribution in [0.5, 0.6) is 28.7 Å². The number of benzene rings is 4. The van der Waals surface area contributed by atoms with Crippen molar-refractivity contribution < 1.29 is 77.4 Å². The molecule has 0 saturated heterocycles. The number of carbonyl (C=O) groups excluding carboxylic acids is 5. The van der Waals surface area contributed by atoms with Crippen LogP contribution in [0.3, 0.4) is 0 Å². The summed E-state index contributed by atoms with van der Waals surface area (Å²) in [6, 6.07) is 23.6. The van der Waals surface area contributed by atoms with Gasteiger partial charge in [0.15, 0.2) is 24.1 Å². The average molecular weight is 969 g/mol. The lowest BCUT2D eigenvalue weighted by Gasteiger charge is -2.17. The molecule has 0 fully saturated rings. The lowest BCUT2D eigenvalue weighted by Crippen LogP contribution is -2.08. The topological polar surface area (TPSA) is 198 Å². The first kappa shape index (κ1) is 55.7. The molecule has 0 spiro atoms. The Bertz CT molecular complexity index is 2200. The molecule has 16 heteroatoms. The Morgan fingerprint density at radius 2 is 1.04 bits per heavy atom. The summed E-state index contributed by atoms with van der Waals surface area (Å²) in [6.07, 6.45) is 13.6. The summed E-state index contributed by atoms with van der Waals surface area (Å²) in [4.78, 5) is 84.8. The van der Waals surface area contributed by atoms with E-state index in [4.69, 9.17) is 48.1 Å². The number of carbonyl (C=O) groups is 5. The first-order valence-electron chi connectivity index (χ1n) is 23.6. The van der Waals surface area contributed by atoms with Crippen LogP contribution in [0.15, 0.2) is 110 Å². The number of esters is 3. The molecular formula is C54H64O16. The second-order valence-electron chi connectivity index (χ2n) is 15.9. The van der Waals surface area contributed by atoms with Gasteiger partial charge in [0.05, 0.1) is 38.6 Å². The van der Waals surface area contributed by atoms with Crippen molar-refractivity contribution >= 4 is 30.5 Å². The van der Waals surface area contributed by atoms with Crippen molar-refractivity contribution in [2.24, 2.45) is 0 Å². The van der Waals surface area contributed by atoms with Gasteiger partial charge in [-0.05, 0) is 135 Å². The maximum absolute atomic E-state index is 12.5. The third kappa shape index (κ3) is 21.6. The Labute approximate surface area is 409 Å². The molecule has 0 aliphatic carbocycles. The molecule has 0 heterocycles. The van der Waals surface area contributed by atoms with Gasteiger partial charge in [-0.2, -0.15) is 9.78 Å². The van der Waals surface area contributed by atoms with Crippen molar-refractivity contribution in [3.8, 4) is 28.7 Å². The summed E-state index contributed by atoms with van der Waals surface area (Å²) in [7, 11) is 0. The zero-order valence-corrected chi connectivity index (χ0v) is 39.6. The second-order valence-corrected chi connectivity index (χ2v) is 15.9. The van der Waals surface area contributed by atoms with E-state index in [1.54, 1.807) is 36.4 Å². The van der Waals surface area contributed by atoms with E-state index in [2.05, 4.69) is 13.2 Å². The first-order valence-corrected chi connectivity index (χ1v) is 23.6. The van der Waals surface area contributed by atoms with E-state index in [1.165, 1.54) is 24.3 Å². The molecule has 16 nitrogen and oxygen atoms in total. The minimum absolute atomic E-state index is 0.119. The van der Waals surface area contributed by atoms with Crippen LogP contribution >= 0.6 is 0 Å². The zero-order chi connectivity index (χ0) is 50.0. The van der Waals surface area contributed by atoms with Crippen LogP contribution in [0.2, 0.25) is 0 Å². The summed E-state index contributed by atoms with van der Waals surface area (Å²) in [5.74, 6) is 0.849. The predicted molar refractivity (Wildman–Crippen MR) is 258 cm³/mol. The lowest BCUT2D eigenvalue weighted by atomic mass is 9.97. The van der Waals surface area contributed by atoms with Gasteiger partial charge >= 0.3 is 17.9 Å². The summed E-state index contributed by atoms with van der Waals surface area (Å²) < 4.78 is 27.0. The highest BCUT2D eigenvalue weighted by Crippen LogP contribution is 2.31. The van der Waals surface area contributed by atoms with E-state index in [1.807, 2.05) is 24.3 Å². The first-order chi connectivity index (χ1) is 34.3. The fourth-order valence-electron chi connectivity index (χ4n) is 6.79. The molecule has 70 heavy (non-hydrogen) atoms. The molecule has 1 N–H and O–H groups in total. The highest BCUT2D eigenvalue weighted by Gasteiger charge is 2.20. The molecule has 0 bridgehead atoms. The van der Waals surface area contributed by atoms with Gasteiger partial charge in [-0.3, -0.25) is 19.6 Å². The van der Waals surface area contributed by atoms with Gasteiger partial charge in [0, 0.05) is 24.1 Å². The smallest absolute Gasteiger partial charge is 0.330 e. The van der Waals surface area contributed by atoms with Gasteiger partial charge in [-0.25, -0.2) is 14.5 Å². The van der Waals surface area contributed by atoms with Crippen molar-refractivity contribution in [1.29, 1.82) is 0 Å². The SMILES string of the molecule is C=CC(=O)OCCCCCCOc1ccc(COOc2ccc(OC(=O)CCCCCCCOOc3ccc(C(OO)c4ccc(OCCCCCCOC(=O)C=C)cc4)c(C=O)c3)cc2C=O)cc1. The van der Waals surface area contributed by atoms with Crippen molar-refractivity contribution in [3.63, 3.8) is 0 Å². The van der Waals surface area contributed by atoms with E-state index in [9.17, 15) is 29.2 Å². The van der Waals surface area contributed by atoms with Gasteiger partial charge in [0.25, 0.3) is 0 Å². The fraction of sp³-hybridized carbons (Fsp3) is 0.389. The maximum atomic E-state index is 12.5. The van der Waals surface area contributed by atoms with Crippen LogP contribution in [0, 0.1) is 0 Å². The van der Waals surface area contributed by atoms with Crippen LogP contribution in [0.25, 0.3) is 0 Å². The third-order valence-corrected chi connectivity index (χ3v) is 10.6. The van der Waals surface area contributed by atoms with Crippen LogP contribution in [0.4, 0.5) is 0 Å². The van der Waals surface area contributed by atoms with E-state index < -0.39 is 24.0 Å². The van der Waals surface area contributed by atoms with Gasteiger partial charge in [-0.15, -0.1) is 0 Å². The minimum atomic E-state index is -0.933. The molecule has 0 aliphatic rings. The van der Waals surface area contributed by atoms with Crippen molar-refractivity contribution in [2.45, 2.75) is 103 Å². The molecule has 1 atom stereocenters. The number of unbranched alkanes of at least 4 members (excludes halogenated alkanes) is 10. The molecule has 0 saturated carbocycles. The van der Waals surface area contributed by atoms with E-state index >= 15 is 0 Å². The normalized spacial score (nSPS) is 11.2. The summed E-state index contributed by atoms with van der Waals surface area (Å²) in [5, 5.41) is 9.80. The molecule has 376 valence electrons. The second kappa shape index (κ2) is 33.6. The number of hydrogen-bond donors (Lipinski definition) is 1. The summed E-state index contributed by atoms with van der Waals surface area (Å²) >= 11 is 0. The number of aldehydes is 2. The molecule has 4 aromatic rings. The highest BCUT2D eigenvalue weighted by atomic mass is 17.2. The largest absolute Gasteiger partial charge is 0.494 e.